The number of carbonyl (C=O) groups excluding carboxylic acids is 1. The summed E-state index contributed by atoms with van der Waals surface area (Å²) in [5, 5.41) is 12.8. The molecule has 0 fully saturated rings. The number of hydrogen-bond acceptors (Lipinski definition) is 4. The van der Waals surface area contributed by atoms with Crippen LogP contribution in [0.2, 0.25) is 5.02 Å². The molecule has 2 N–H and O–H groups in total. The Bertz CT molecular complexity index is 1100. The van der Waals surface area contributed by atoms with Crippen molar-refractivity contribution in [1.82, 2.24) is 14.9 Å². The van der Waals surface area contributed by atoms with Gasteiger partial charge in [-0.1, -0.05) is 23.7 Å². The highest BCUT2D eigenvalue weighted by Crippen LogP contribution is 2.17. The number of aliphatic carboxylic acids is 1. The molecule has 1 aromatic carbocycles. The summed E-state index contributed by atoms with van der Waals surface area (Å²) in [7, 11) is 0. The smallest absolute Gasteiger partial charge is 0.323 e. The Hall–Kier alpha value is -2.71. The molecule has 0 bridgehead atoms. The number of benzene rings is 1. The summed E-state index contributed by atoms with van der Waals surface area (Å²) >= 11 is 9.11. The highest BCUT2D eigenvalue weighted by Gasteiger charge is 2.18. The predicted molar refractivity (Wildman–Crippen MR) is 104 cm³/mol. The van der Waals surface area contributed by atoms with Crippen molar-refractivity contribution in [3.05, 3.63) is 73.6 Å². The fraction of sp³-hybridized carbons (Fsp3) is 0.111. The normalized spacial score (nSPS) is 10.7. The Morgan fingerprint density at radius 2 is 1.93 bits per heavy atom. The second-order valence-electron chi connectivity index (χ2n) is 5.72. The van der Waals surface area contributed by atoms with Crippen LogP contribution in [0.15, 0.2) is 51.9 Å². The van der Waals surface area contributed by atoms with Crippen LogP contribution in [0.25, 0.3) is 11.0 Å². The summed E-state index contributed by atoms with van der Waals surface area (Å²) < 4.78 is 1.62. The maximum Gasteiger partial charge on any atom is 0.323 e. The average molecular weight is 451 g/mol. The van der Waals surface area contributed by atoms with Gasteiger partial charge in [0.2, 0.25) is 0 Å². The van der Waals surface area contributed by atoms with Crippen LogP contribution in [0.3, 0.4) is 0 Å². The molecule has 7 nitrogen and oxygen atoms in total. The van der Waals surface area contributed by atoms with E-state index < -0.39 is 24.0 Å². The molecule has 0 unspecified atom stereocenters. The molecule has 0 spiro atoms. The number of pyridine rings is 2. The minimum absolute atomic E-state index is 0.155. The quantitative estimate of drug-likeness (QED) is 0.622. The summed E-state index contributed by atoms with van der Waals surface area (Å²) in [6.45, 7) is -0.397. The summed E-state index contributed by atoms with van der Waals surface area (Å²) in [4.78, 5) is 40.5. The highest BCUT2D eigenvalue weighted by atomic mass is 79.9. The molecule has 0 saturated carbocycles. The number of carbonyl (C=O) groups is 2. The van der Waals surface area contributed by atoms with Gasteiger partial charge in [0.15, 0.2) is 0 Å². The molecule has 0 saturated heterocycles. The van der Waals surface area contributed by atoms with E-state index in [9.17, 15) is 14.4 Å². The van der Waals surface area contributed by atoms with Gasteiger partial charge in [-0.3, -0.25) is 19.0 Å². The summed E-state index contributed by atoms with van der Waals surface area (Å²) in [5.74, 6) is -1.81. The van der Waals surface area contributed by atoms with Crippen LogP contribution < -0.4 is 10.9 Å². The topological polar surface area (TPSA) is 101 Å². The Balaban J connectivity index is 1.98. The lowest BCUT2D eigenvalue weighted by Gasteiger charge is -2.11. The van der Waals surface area contributed by atoms with Crippen molar-refractivity contribution in [1.29, 1.82) is 0 Å². The van der Waals surface area contributed by atoms with E-state index in [0.29, 0.717) is 14.9 Å². The van der Waals surface area contributed by atoms with Crippen LogP contribution >= 0.6 is 27.5 Å². The van der Waals surface area contributed by atoms with Crippen LogP contribution in [0.5, 0.6) is 0 Å². The number of fused-ring (bicyclic) bond motifs is 1. The molecule has 2 aromatic heterocycles. The number of amides is 1. The Morgan fingerprint density at radius 3 is 2.59 bits per heavy atom. The SMILES string of the molecule is O=C(O)Cn1c(=O)c(C(=O)NCc2ccc(Cl)cc2)cc2cc(Br)cnc21. The fourth-order valence-electron chi connectivity index (χ4n) is 2.56. The van der Waals surface area contributed by atoms with Gasteiger partial charge in [0.25, 0.3) is 11.5 Å². The van der Waals surface area contributed by atoms with Crippen molar-refractivity contribution in [3.8, 4) is 0 Å². The van der Waals surface area contributed by atoms with Crippen LogP contribution in [-0.2, 0) is 17.9 Å². The molecule has 9 heteroatoms. The van der Waals surface area contributed by atoms with Crippen LogP contribution in [0.4, 0.5) is 0 Å². The first-order chi connectivity index (χ1) is 12.8. The van der Waals surface area contributed by atoms with Crippen molar-refractivity contribution in [2.24, 2.45) is 0 Å². The van der Waals surface area contributed by atoms with E-state index in [-0.39, 0.29) is 17.8 Å². The number of halogens is 2. The third kappa shape index (κ3) is 4.35. The van der Waals surface area contributed by atoms with Gasteiger partial charge in [0.05, 0.1) is 0 Å². The lowest BCUT2D eigenvalue weighted by molar-refractivity contribution is -0.137. The van der Waals surface area contributed by atoms with Gasteiger partial charge in [0, 0.05) is 27.6 Å². The van der Waals surface area contributed by atoms with Crippen LogP contribution in [-0.4, -0.2) is 26.5 Å². The van der Waals surface area contributed by atoms with Gasteiger partial charge in [0.1, 0.15) is 17.8 Å². The number of aromatic nitrogens is 2. The van der Waals surface area contributed by atoms with Crippen molar-refractivity contribution >= 4 is 50.4 Å². The van der Waals surface area contributed by atoms with Gasteiger partial charge in [-0.15, -0.1) is 0 Å². The molecule has 3 rings (SSSR count). The second kappa shape index (κ2) is 7.89. The Labute approximate surface area is 166 Å². The predicted octanol–water partition coefficient (Wildman–Crippen LogP) is 2.83. The second-order valence-corrected chi connectivity index (χ2v) is 7.07. The van der Waals surface area contributed by atoms with Gasteiger partial charge in [-0.2, -0.15) is 0 Å². The van der Waals surface area contributed by atoms with E-state index >= 15 is 0 Å². The van der Waals surface area contributed by atoms with Crippen molar-refractivity contribution in [2.45, 2.75) is 13.1 Å². The number of nitrogens with zero attached hydrogens (tertiary/aromatic N) is 2. The molecule has 27 heavy (non-hydrogen) atoms. The fourth-order valence-corrected chi connectivity index (χ4v) is 3.04. The van der Waals surface area contributed by atoms with Crippen molar-refractivity contribution in [2.75, 3.05) is 0 Å². The number of carboxylic acid groups (broad SMARTS) is 1. The molecule has 0 atom stereocenters. The zero-order valence-electron chi connectivity index (χ0n) is 13.8. The number of rotatable bonds is 5. The van der Waals surface area contributed by atoms with Gasteiger partial charge >= 0.3 is 5.97 Å². The van der Waals surface area contributed by atoms with E-state index in [4.69, 9.17) is 16.7 Å². The molecular formula is C18H13BrClN3O4. The van der Waals surface area contributed by atoms with E-state index in [1.54, 1.807) is 30.3 Å². The molecule has 0 aliphatic heterocycles. The number of carboxylic acids is 1. The molecular weight excluding hydrogens is 438 g/mol. The van der Waals surface area contributed by atoms with Crippen molar-refractivity contribution in [3.63, 3.8) is 0 Å². The molecule has 2 heterocycles. The number of hydrogen-bond donors (Lipinski definition) is 2. The third-order valence-corrected chi connectivity index (χ3v) is 4.48. The maximum absolute atomic E-state index is 12.7. The first kappa shape index (κ1) is 19.1. The molecule has 3 aromatic rings. The van der Waals surface area contributed by atoms with Gasteiger partial charge in [-0.05, 0) is 45.8 Å². The summed E-state index contributed by atoms with van der Waals surface area (Å²) in [5.41, 5.74) is 0.134. The molecule has 0 aliphatic rings. The molecule has 1 amide bonds. The standard InChI is InChI=1S/C18H13BrClN3O4/c19-12-5-11-6-14(17(26)22-7-10-1-3-13(20)4-2-10)18(27)23(9-15(24)25)16(11)21-8-12/h1-6,8H,7,9H2,(H,22,26)(H,24,25). The third-order valence-electron chi connectivity index (χ3n) is 3.80. The van der Waals surface area contributed by atoms with E-state index in [0.717, 1.165) is 10.1 Å². The Kier molecular flexibility index (Phi) is 5.57. The lowest BCUT2D eigenvalue weighted by atomic mass is 10.1. The van der Waals surface area contributed by atoms with Crippen molar-refractivity contribution < 1.29 is 14.7 Å². The largest absolute Gasteiger partial charge is 0.480 e. The molecule has 0 radical (unpaired) electrons. The highest BCUT2D eigenvalue weighted by molar-refractivity contribution is 9.10. The van der Waals surface area contributed by atoms with Gasteiger partial charge < -0.3 is 10.4 Å². The first-order valence-electron chi connectivity index (χ1n) is 7.78. The summed E-state index contributed by atoms with van der Waals surface area (Å²) in [6.07, 6.45) is 1.46. The zero-order valence-corrected chi connectivity index (χ0v) is 16.1. The van der Waals surface area contributed by atoms with Crippen LogP contribution in [0, 0.1) is 0 Å². The minimum Gasteiger partial charge on any atom is -0.480 e. The van der Waals surface area contributed by atoms with E-state index in [2.05, 4.69) is 26.2 Å². The summed E-state index contributed by atoms with van der Waals surface area (Å²) in [6, 6.07) is 9.98. The van der Waals surface area contributed by atoms with Gasteiger partial charge in [-0.25, -0.2) is 4.98 Å². The number of nitrogens with one attached hydrogen (secondary N) is 1. The van der Waals surface area contributed by atoms with E-state index in [1.807, 2.05) is 0 Å². The first-order valence-corrected chi connectivity index (χ1v) is 8.96. The Morgan fingerprint density at radius 1 is 1.22 bits per heavy atom. The van der Waals surface area contributed by atoms with E-state index in [1.165, 1.54) is 12.3 Å². The monoisotopic (exact) mass is 449 g/mol. The average Bonchev–Trinajstić information content (AvgIpc) is 2.62. The minimum atomic E-state index is -1.21. The maximum atomic E-state index is 12.7. The zero-order chi connectivity index (χ0) is 19.6. The lowest BCUT2D eigenvalue weighted by Crippen LogP contribution is -2.34. The molecule has 138 valence electrons. The van der Waals surface area contributed by atoms with Crippen LogP contribution in [0.1, 0.15) is 15.9 Å². The molecule has 0 aliphatic carbocycles.